The summed E-state index contributed by atoms with van der Waals surface area (Å²) in [7, 11) is 0. The minimum Gasteiger partial charge on any atom is -0.395 e. The quantitative estimate of drug-likeness (QED) is 0.689. The average Bonchev–Trinajstić information content (AvgIpc) is 2.84. The first-order valence-corrected chi connectivity index (χ1v) is 9.49. The molecule has 0 saturated carbocycles. The second kappa shape index (κ2) is 7.61. The Hall–Kier alpha value is -0.800. The molecule has 0 aromatic heterocycles. The Labute approximate surface area is 157 Å². The molecule has 0 spiro atoms. The van der Waals surface area contributed by atoms with E-state index in [-0.39, 0.29) is 30.9 Å². The van der Waals surface area contributed by atoms with E-state index in [1.807, 2.05) is 12.1 Å². The predicted molar refractivity (Wildman–Crippen MR) is 97.8 cm³/mol. The zero-order chi connectivity index (χ0) is 17.3. The number of carbonyl (C=O) groups excluding carboxylic acids is 2. The van der Waals surface area contributed by atoms with Crippen molar-refractivity contribution in [1.82, 2.24) is 9.80 Å². The Bertz CT molecular complexity index is 647. The highest BCUT2D eigenvalue weighted by Gasteiger charge is 2.43. The van der Waals surface area contributed by atoms with Gasteiger partial charge in [0.15, 0.2) is 0 Å². The molecule has 1 unspecified atom stereocenters. The van der Waals surface area contributed by atoms with E-state index in [2.05, 4.69) is 41.7 Å². The monoisotopic (exact) mass is 459 g/mol. The maximum atomic E-state index is 12.8. The Morgan fingerprint density at radius 1 is 1.12 bits per heavy atom. The number of aliphatic hydroxyl groups excluding tert-OH is 1. The van der Waals surface area contributed by atoms with Crippen molar-refractivity contribution in [2.75, 3.05) is 44.2 Å². The number of carbonyl (C=O) groups is 2. The molecule has 2 heterocycles. The molecular formula is C16H19Br2N3O3. The molecule has 2 aliphatic rings. The van der Waals surface area contributed by atoms with Crippen molar-refractivity contribution < 1.29 is 14.7 Å². The Morgan fingerprint density at radius 3 is 2.46 bits per heavy atom. The number of β-amino-alcohol motifs (C(OH)–C–C–N with tert-alkyl or cyclic N) is 1. The fourth-order valence-electron chi connectivity index (χ4n) is 3.26. The second-order valence-corrected chi connectivity index (χ2v) is 7.75. The van der Waals surface area contributed by atoms with Crippen LogP contribution in [0, 0.1) is 0 Å². The van der Waals surface area contributed by atoms with Crippen LogP contribution in [0.3, 0.4) is 0 Å². The van der Waals surface area contributed by atoms with Gasteiger partial charge in [0.1, 0.15) is 0 Å². The van der Waals surface area contributed by atoms with Crippen molar-refractivity contribution in [3.8, 4) is 0 Å². The number of rotatable bonds is 4. The summed E-state index contributed by atoms with van der Waals surface area (Å²) >= 11 is 6.81. The van der Waals surface area contributed by atoms with E-state index in [0.717, 1.165) is 30.7 Å². The van der Waals surface area contributed by atoms with E-state index in [1.54, 1.807) is 6.07 Å². The van der Waals surface area contributed by atoms with Crippen molar-refractivity contribution in [2.24, 2.45) is 0 Å². The van der Waals surface area contributed by atoms with Crippen molar-refractivity contribution in [3.63, 3.8) is 0 Å². The van der Waals surface area contributed by atoms with Gasteiger partial charge in [0, 0.05) is 41.7 Å². The van der Waals surface area contributed by atoms with Crippen LogP contribution in [-0.4, -0.2) is 72.1 Å². The minimum absolute atomic E-state index is 0.145. The van der Waals surface area contributed by atoms with Crippen molar-refractivity contribution >= 4 is 49.4 Å². The van der Waals surface area contributed by atoms with Gasteiger partial charge in [0.05, 0.1) is 24.8 Å². The summed E-state index contributed by atoms with van der Waals surface area (Å²) in [4.78, 5) is 30.8. The molecule has 1 atom stereocenters. The Morgan fingerprint density at radius 2 is 1.83 bits per heavy atom. The van der Waals surface area contributed by atoms with Crippen LogP contribution in [0.25, 0.3) is 0 Å². The molecule has 2 aliphatic heterocycles. The van der Waals surface area contributed by atoms with Gasteiger partial charge in [-0.2, -0.15) is 0 Å². The van der Waals surface area contributed by atoms with Gasteiger partial charge in [-0.15, -0.1) is 0 Å². The van der Waals surface area contributed by atoms with E-state index in [9.17, 15) is 9.59 Å². The zero-order valence-corrected chi connectivity index (χ0v) is 16.3. The molecule has 24 heavy (non-hydrogen) atoms. The fourth-order valence-corrected chi connectivity index (χ4v) is 4.48. The summed E-state index contributed by atoms with van der Waals surface area (Å²) in [6.45, 7) is 3.88. The molecule has 0 bridgehead atoms. The van der Waals surface area contributed by atoms with Crippen molar-refractivity contribution in [3.05, 3.63) is 27.1 Å². The maximum absolute atomic E-state index is 12.8. The van der Waals surface area contributed by atoms with Gasteiger partial charge < -0.3 is 5.11 Å². The van der Waals surface area contributed by atoms with E-state index < -0.39 is 0 Å². The molecule has 1 aromatic rings. The standard InChI is InChI=1S/C16H19Br2N3O3/c17-11-1-2-13(12(18)9-11)21-15(23)10-14(16(21)24)20-5-3-19(4-6-20)7-8-22/h1-2,9,14,22H,3-8,10H2. The summed E-state index contributed by atoms with van der Waals surface area (Å²) in [5, 5.41) is 9.01. The highest BCUT2D eigenvalue weighted by Crippen LogP contribution is 2.33. The molecule has 6 nitrogen and oxygen atoms in total. The molecule has 8 heteroatoms. The van der Waals surface area contributed by atoms with Crippen LogP contribution in [0.2, 0.25) is 0 Å². The maximum Gasteiger partial charge on any atom is 0.251 e. The molecule has 130 valence electrons. The largest absolute Gasteiger partial charge is 0.395 e. The van der Waals surface area contributed by atoms with Crippen LogP contribution in [0.1, 0.15) is 6.42 Å². The fraction of sp³-hybridized carbons (Fsp3) is 0.500. The first-order chi connectivity index (χ1) is 11.5. The lowest BCUT2D eigenvalue weighted by atomic mass is 10.1. The van der Waals surface area contributed by atoms with Gasteiger partial charge in [-0.25, -0.2) is 4.90 Å². The van der Waals surface area contributed by atoms with E-state index in [1.165, 1.54) is 4.90 Å². The normalized spacial score (nSPS) is 23.3. The summed E-state index contributed by atoms with van der Waals surface area (Å²) in [6, 6.07) is 5.04. The number of aliphatic hydroxyl groups is 1. The zero-order valence-electron chi connectivity index (χ0n) is 13.1. The predicted octanol–water partition coefficient (Wildman–Crippen LogP) is 1.45. The van der Waals surface area contributed by atoms with Crippen LogP contribution >= 0.6 is 31.9 Å². The Balaban J connectivity index is 1.73. The number of hydrogen-bond donors (Lipinski definition) is 1. The summed E-state index contributed by atoms with van der Waals surface area (Å²) in [5.74, 6) is -0.315. The number of piperazine rings is 1. The van der Waals surface area contributed by atoms with Crippen LogP contribution in [0.4, 0.5) is 5.69 Å². The first kappa shape index (κ1) is 18.0. The molecular weight excluding hydrogens is 442 g/mol. The smallest absolute Gasteiger partial charge is 0.251 e. The first-order valence-electron chi connectivity index (χ1n) is 7.90. The number of anilines is 1. The van der Waals surface area contributed by atoms with E-state index in [4.69, 9.17) is 5.11 Å². The van der Waals surface area contributed by atoms with Crippen molar-refractivity contribution in [1.29, 1.82) is 0 Å². The summed E-state index contributed by atoms with van der Waals surface area (Å²) < 4.78 is 1.60. The molecule has 0 radical (unpaired) electrons. The van der Waals surface area contributed by atoms with E-state index in [0.29, 0.717) is 16.7 Å². The molecule has 1 aromatic carbocycles. The third kappa shape index (κ3) is 3.57. The molecule has 3 rings (SSSR count). The number of imide groups is 1. The topological polar surface area (TPSA) is 64.1 Å². The number of hydrogen-bond acceptors (Lipinski definition) is 5. The van der Waals surface area contributed by atoms with E-state index >= 15 is 0 Å². The lowest BCUT2D eigenvalue weighted by Crippen LogP contribution is -2.53. The SMILES string of the molecule is O=C1CC(N2CCN(CCO)CC2)C(=O)N1c1ccc(Br)cc1Br. The lowest BCUT2D eigenvalue weighted by molar-refractivity contribution is -0.123. The van der Waals surface area contributed by atoms with Gasteiger partial charge in [0.25, 0.3) is 5.91 Å². The summed E-state index contributed by atoms with van der Waals surface area (Å²) in [5.41, 5.74) is 0.592. The highest BCUT2D eigenvalue weighted by molar-refractivity contribution is 9.11. The lowest BCUT2D eigenvalue weighted by Gasteiger charge is -2.36. The third-order valence-corrected chi connectivity index (χ3v) is 5.67. The molecule has 2 amide bonds. The third-order valence-electron chi connectivity index (χ3n) is 4.54. The van der Waals surface area contributed by atoms with Gasteiger partial charge in [-0.3, -0.25) is 19.4 Å². The highest BCUT2D eigenvalue weighted by atomic mass is 79.9. The van der Waals surface area contributed by atoms with Crippen molar-refractivity contribution in [2.45, 2.75) is 12.5 Å². The van der Waals surface area contributed by atoms with Gasteiger partial charge >= 0.3 is 0 Å². The van der Waals surface area contributed by atoms with Gasteiger partial charge in [-0.05, 0) is 34.1 Å². The van der Waals surface area contributed by atoms with Crippen LogP contribution in [0.5, 0.6) is 0 Å². The number of benzene rings is 1. The van der Waals surface area contributed by atoms with Gasteiger partial charge in [0.2, 0.25) is 5.91 Å². The molecule has 1 N–H and O–H groups in total. The van der Waals surface area contributed by atoms with Crippen LogP contribution < -0.4 is 4.90 Å². The summed E-state index contributed by atoms with van der Waals surface area (Å²) in [6.07, 6.45) is 0.224. The number of halogens is 2. The second-order valence-electron chi connectivity index (χ2n) is 5.98. The molecule has 0 aliphatic carbocycles. The van der Waals surface area contributed by atoms with Crippen LogP contribution in [-0.2, 0) is 9.59 Å². The Kier molecular flexibility index (Phi) is 5.71. The number of amides is 2. The van der Waals surface area contributed by atoms with Crippen LogP contribution in [0.15, 0.2) is 27.1 Å². The minimum atomic E-state index is -0.385. The van der Waals surface area contributed by atoms with Gasteiger partial charge in [-0.1, -0.05) is 15.9 Å². The number of nitrogens with zero attached hydrogens (tertiary/aromatic N) is 3. The molecule has 2 fully saturated rings. The molecule has 2 saturated heterocycles. The average molecular weight is 461 g/mol.